The van der Waals surface area contributed by atoms with Crippen LogP contribution in [0.5, 0.6) is 5.75 Å². The standard InChI is InChI=1S/C17H18BrNO2/c1-12(13-5-3-2-4-6-13)9-10-19-17(21)14-7-8-15(18)16(20)11-14/h2-8,11-12,20H,9-10H2,1H3,(H,19,21). The molecule has 110 valence electrons. The number of phenolic OH excluding ortho intramolecular Hbond substituents is 1. The number of amides is 1. The van der Waals surface area contributed by atoms with Crippen molar-refractivity contribution in [3.05, 3.63) is 64.1 Å². The zero-order valence-corrected chi connectivity index (χ0v) is 13.4. The van der Waals surface area contributed by atoms with E-state index in [9.17, 15) is 9.90 Å². The zero-order chi connectivity index (χ0) is 15.2. The van der Waals surface area contributed by atoms with Crippen molar-refractivity contribution in [2.75, 3.05) is 6.54 Å². The van der Waals surface area contributed by atoms with E-state index in [0.29, 0.717) is 22.5 Å². The summed E-state index contributed by atoms with van der Waals surface area (Å²) in [6.07, 6.45) is 0.873. The van der Waals surface area contributed by atoms with E-state index in [2.05, 4.69) is 40.3 Å². The van der Waals surface area contributed by atoms with Crippen LogP contribution in [0, 0.1) is 0 Å². The lowest BCUT2D eigenvalue weighted by Crippen LogP contribution is -2.25. The highest BCUT2D eigenvalue weighted by Crippen LogP contribution is 2.24. The van der Waals surface area contributed by atoms with E-state index in [0.717, 1.165) is 6.42 Å². The summed E-state index contributed by atoms with van der Waals surface area (Å²) < 4.78 is 0.580. The van der Waals surface area contributed by atoms with Crippen LogP contribution in [0.1, 0.15) is 35.2 Å². The molecule has 1 unspecified atom stereocenters. The number of benzene rings is 2. The lowest BCUT2D eigenvalue weighted by molar-refractivity contribution is 0.0952. The van der Waals surface area contributed by atoms with E-state index in [-0.39, 0.29) is 11.7 Å². The fourth-order valence-corrected chi connectivity index (χ4v) is 2.35. The maximum atomic E-state index is 12.0. The molecule has 0 aliphatic heterocycles. The molecule has 0 bridgehead atoms. The van der Waals surface area contributed by atoms with Gasteiger partial charge >= 0.3 is 0 Å². The van der Waals surface area contributed by atoms with Crippen molar-refractivity contribution in [2.45, 2.75) is 19.3 Å². The number of halogens is 1. The Kier molecular flexibility index (Phi) is 5.39. The Morgan fingerprint density at radius 2 is 1.95 bits per heavy atom. The van der Waals surface area contributed by atoms with Gasteiger partial charge in [0.1, 0.15) is 5.75 Å². The molecule has 2 aromatic carbocycles. The van der Waals surface area contributed by atoms with Crippen molar-refractivity contribution in [2.24, 2.45) is 0 Å². The molecule has 0 spiro atoms. The molecule has 1 amide bonds. The number of hydrogen-bond donors (Lipinski definition) is 2. The second-order valence-electron chi connectivity index (χ2n) is 5.02. The Balaban J connectivity index is 1.85. The lowest BCUT2D eigenvalue weighted by Gasteiger charge is -2.12. The summed E-state index contributed by atoms with van der Waals surface area (Å²) in [4.78, 5) is 12.0. The van der Waals surface area contributed by atoms with E-state index < -0.39 is 0 Å². The van der Waals surface area contributed by atoms with Crippen molar-refractivity contribution in [1.29, 1.82) is 0 Å². The molecule has 3 nitrogen and oxygen atoms in total. The molecule has 1 atom stereocenters. The minimum atomic E-state index is -0.168. The molecular formula is C17H18BrNO2. The third kappa shape index (κ3) is 4.33. The molecule has 2 aromatic rings. The van der Waals surface area contributed by atoms with Crippen molar-refractivity contribution in [1.82, 2.24) is 5.32 Å². The third-order valence-electron chi connectivity index (χ3n) is 3.44. The highest BCUT2D eigenvalue weighted by Gasteiger charge is 2.09. The van der Waals surface area contributed by atoms with Crippen molar-refractivity contribution in [3.63, 3.8) is 0 Å². The molecule has 0 aliphatic rings. The van der Waals surface area contributed by atoms with Crippen LogP contribution < -0.4 is 5.32 Å². The fourth-order valence-electron chi connectivity index (χ4n) is 2.11. The van der Waals surface area contributed by atoms with Crippen LogP contribution in [0.2, 0.25) is 0 Å². The SMILES string of the molecule is CC(CCNC(=O)c1ccc(Br)c(O)c1)c1ccccc1. The smallest absolute Gasteiger partial charge is 0.251 e. The van der Waals surface area contributed by atoms with Crippen molar-refractivity contribution in [3.8, 4) is 5.75 Å². The first-order valence-electron chi connectivity index (χ1n) is 6.89. The summed E-state index contributed by atoms with van der Waals surface area (Å²) >= 11 is 3.19. The molecule has 0 aliphatic carbocycles. The van der Waals surface area contributed by atoms with Crippen LogP contribution in [0.3, 0.4) is 0 Å². The number of hydrogen-bond acceptors (Lipinski definition) is 2. The van der Waals surface area contributed by atoms with E-state index in [1.807, 2.05) is 18.2 Å². The number of carbonyl (C=O) groups is 1. The normalized spacial score (nSPS) is 11.9. The zero-order valence-electron chi connectivity index (χ0n) is 11.8. The van der Waals surface area contributed by atoms with Gasteiger partial charge in [-0.25, -0.2) is 0 Å². The van der Waals surface area contributed by atoms with Crippen LogP contribution >= 0.6 is 15.9 Å². The Morgan fingerprint density at radius 1 is 1.24 bits per heavy atom. The Hall–Kier alpha value is -1.81. The average Bonchev–Trinajstić information content (AvgIpc) is 2.50. The van der Waals surface area contributed by atoms with Gasteiger partial charge in [0.25, 0.3) is 5.91 Å². The first-order valence-corrected chi connectivity index (χ1v) is 7.69. The van der Waals surface area contributed by atoms with Crippen LogP contribution in [0.25, 0.3) is 0 Å². The molecule has 0 fully saturated rings. The quantitative estimate of drug-likeness (QED) is 0.856. The highest BCUT2D eigenvalue weighted by molar-refractivity contribution is 9.10. The van der Waals surface area contributed by atoms with Gasteiger partial charge in [-0.1, -0.05) is 37.3 Å². The van der Waals surface area contributed by atoms with Crippen molar-refractivity contribution < 1.29 is 9.90 Å². The molecule has 0 saturated heterocycles. The summed E-state index contributed by atoms with van der Waals surface area (Å²) in [5, 5.41) is 12.5. The van der Waals surface area contributed by atoms with Gasteiger partial charge in [-0.2, -0.15) is 0 Å². The minimum absolute atomic E-state index is 0.0697. The van der Waals surface area contributed by atoms with Gasteiger partial charge in [0.2, 0.25) is 0 Å². The highest BCUT2D eigenvalue weighted by atomic mass is 79.9. The van der Waals surface area contributed by atoms with Crippen LogP contribution in [0.15, 0.2) is 53.0 Å². The topological polar surface area (TPSA) is 49.3 Å². The predicted octanol–water partition coefficient (Wildman–Crippen LogP) is 4.08. The van der Waals surface area contributed by atoms with Crippen LogP contribution in [-0.4, -0.2) is 17.6 Å². The second-order valence-corrected chi connectivity index (χ2v) is 5.88. The van der Waals surface area contributed by atoms with E-state index in [4.69, 9.17) is 0 Å². The molecule has 0 saturated carbocycles. The van der Waals surface area contributed by atoms with Gasteiger partial charge in [-0.15, -0.1) is 0 Å². The van der Waals surface area contributed by atoms with Gasteiger partial charge < -0.3 is 10.4 Å². The first kappa shape index (κ1) is 15.6. The van der Waals surface area contributed by atoms with Crippen molar-refractivity contribution >= 4 is 21.8 Å². The summed E-state index contributed by atoms with van der Waals surface area (Å²) in [5.74, 6) is 0.295. The summed E-state index contributed by atoms with van der Waals surface area (Å²) in [7, 11) is 0. The first-order chi connectivity index (χ1) is 10.1. The molecule has 21 heavy (non-hydrogen) atoms. The summed E-state index contributed by atoms with van der Waals surface area (Å²) in [6.45, 7) is 2.75. The summed E-state index contributed by atoms with van der Waals surface area (Å²) in [5.41, 5.74) is 1.73. The van der Waals surface area contributed by atoms with Gasteiger partial charge in [0, 0.05) is 12.1 Å². The monoisotopic (exact) mass is 347 g/mol. The predicted molar refractivity (Wildman–Crippen MR) is 87.6 cm³/mol. The molecular weight excluding hydrogens is 330 g/mol. The number of carbonyl (C=O) groups excluding carboxylic acids is 1. The molecule has 0 heterocycles. The molecule has 0 radical (unpaired) electrons. The lowest BCUT2D eigenvalue weighted by atomic mass is 9.98. The maximum absolute atomic E-state index is 12.0. The fraction of sp³-hybridized carbons (Fsp3) is 0.235. The number of phenols is 1. The Bertz CT molecular complexity index is 613. The number of nitrogens with one attached hydrogen (secondary N) is 1. The van der Waals surface area contributed by atoms with Gasteiger partial charge in [0.15, 0.2) is 0 Å². The largest absolute Gasteiger partial charge is 0.507 e. The molecule has 2 rings (SSSR count). The average molecular weight is 348 g/mol. The van der Waals surface area contributed by atoms with Gasteiger partial charge in [-0.3, -0.25) is 4.79 Å². The van der Waals surface area contributed by atoms with Crippen LogP contribution in [-0.2, 0) is 0 Å². The Labute approximate surface area is 133 Å². The number of aromatic hydroxyl groups is 1. The van der Waals surface area contributed by atoms with E-state index >= 15 is 0 Å². The van der Waals surface area contributed by atoms with Crippen LogP contribution in [0.4, 0.5) is 0 Å². The second kappa shape index (κ2) is 7.27. The minimum Gasteiger partial charge on any atom is -0.507 e. The molecule has 4 heteroatoms. The van der Waals surface area contributed by atoms with E-state index in [1.165, 1.54) is 11.6 Å². The van der Waals surface area contributed by atoms with Gasteiger partial charge in [0.05, 0.1) is 4.47 Å². The molecule has 0 aromatic heterocycles. The molecule has 2 N–H and O–H groups in total. The maximum Gasteiger partial charge on any atom is 0.251 e. The third-order valence-corrected chi connectivity index (χ3v) is 4.11. The van der Waals surface area contributed by atoms with Gasteiger partial charge in [-0.05, 0) is 52.0 Å². The summed E-state index contributed by atoms with van der Waals surface area (Å²) in [6, 6.07) is 15.0. The number of rotatable bonds is 5. The van der Waals surface area contributed by atoms with E-state index in [1.54, 1.807) is 12.1 Å². The Morgan fingerprint density at radius 3 is 2.62 bits per heavy atom.